The van der Waals surface area contributed by atoms with Gasteiger partial charge in [-0.3, -0.25) is 9.78 Å². The summed E-state index contributed by atoms with van der Waals surface area (Å²) < 4.78 is 5.65. The van der Waals surface area contributed by atoms with Crippen LogP contribution in [0.1, 0.15) is 24.3 Å². The Morgan fingerprint density at radius 1 is 1.08 bits per heavy atom. The maximum atomic E-state index is 12.7. The molecule has 1 saturated heterocycles. The van der Waals surface area contributed by atoms with Gasteiger partial charge in [0.25, 0.3) is 5.91 Å². The smallest absolute Gasteiger partial charge is 0.272 e. The van der Waals surface area contributed by atoms with Crippen molar-refractivity contribution < 1.29 is 9.53 Å². The number of hydrogen-bond acceptors (Lipinski definition) is 5. The van der Waals surface area contributed by atoms with Gasteiger partial charge < -0.3 is 19.9 Å². The summed E-state index contributed by atoms with van der Waals surface area (Å²) in [6.45, 7) is 7.28. The van der Waals surface area contributed by atoms with E-state index in [4.69, 9.17) is 4.74 Å². The molecule has 0 saturated carbocycles. The Balaban J connectivity index is 1.66. The lowest BCUT2D eigenvalue weighted by Gasteiger charge is -2.32. The number of ether oxygens (including phenoxy) is 1. The third kappa shape index (κ3) is 4.73. The lowest BCUT2D eigenvalue weighted by atomic mass is 10.2. The quantitative estimate of drug-likeness (QED) is 0.894. The first-order valence-electron chi connectivity index (χ1n) is 8.99. The second-order valence-corrected chi connectivity index (χ2v) is 6.84. The molecule has 2 aromatic rings. The van der Waals surface area contributed by atoms with E-state index in [1.165, 1.54) is 0 Å². The van der Waals surface area contributed by atoms with Crippen LogP contribution in [0.5, 0.6) is 5.75 Å². The zero-order valence-electron chi connectivity index (χ0n) is 15.6. The van der Waals surface area contributed by atoms with Gasteiger partial charge in [-0.05, 0) is 57.3 Å². The fourth-order valence-electron chi connectivity index (χ4n) is 2.85. The van der Waals surface area contributed by atoms with Crippen molar-refractivity contribution in [3.63, 3.8) is 0 Å². The summed E-state index contributed by atoms with van der Waals surface area (Å²) >= 11 is 0. The summed E-state index contributed by atoms with van der Waals surface area (Å²) in [5, 5.41) is 3.32. The van der Waals surface area contributed by atoms with Crippen LogP contribution in [0.3, 0.4) is 0 Å². The van der Waals surface area contributed by atoms with Gasteiger partial charge in [0.15, 0.2) is 0 Å². The number of carbonyl (C=O) groups excluding carboxylic acids is 1. The molecule has 1 aliphatic rings. The SMILES string of the molecule is CC(C)Oc1ccc(Nc2ccnc(C(=O)N3CCN(C)CC3)c2)cc1. The average molecular weight is 354 g/mol. The largest absolute Gasteiger partial charge is 0.491 e. The number of rotatable bonds is 5. The Bertz CT molecular complexity index is 738. The number of hydrogen-bond donors (Lipinski definition) is 1. The van der Waals surface area contributed by atoms with Crippen molar-refractivity contribution in [1.29, 1.82) is 0 Å². The van der Waals surface area contributed by atoms with Crippen LogP contribution in [0.25, 0.3) is 0 Å². The fraction of sp³-hybridized carbons (Fsp3) is 0.400. The molecule has 0 aliphatic carbocycles. The van der Waals surface area contributed by atoms with Gasteiger partial charge in [-0.25, -0.2) is 0 Å². The van der Waals surface area contributed by atoms with Crippen LogP contribution in [0, 0.1) is 0 Å². The minimum atomic E-state index is -0.0116. The number of pyridine rings is 1. The second-order valence-electron chi connectivity index (χ2n) is 6.84. The summed E-state index contributed by atoms with van der Waals surface area (Å²) in [5.74, 6) is 0.827. The first-order valence-corrected chi connectivity index (χ1v) is 8.99. The molecule has 0 spiro atoms. The van der Waals surface area contributed by atoms with E-state index in [2.05, 4.69) is 22.2 Å². The minimum Gasteiger partial charge on any atom is -0.491 e. The molecular weight excluding hydrogens is 328 g/mol. The van der Waals surface area contributed by atoms with Crippen LogP contribution < -0.4 is 10.1 Å². The van der Waals surface area contributed by atoms with Gasteiger partial charge in [0.2, 0.25) is 0 Å². The van der Waals surface area contributed by atoms with Crippen LogP contribution in [0.15, 0.2) is 42.6 Å². The molecule has 2 heterocycles. The molecule has 0 radical (unpaired) electrons. The predicted molar refractivity (Wildman–Crippen MR) is 103 cm³/mol. The zero-order valence-corrected chi connectivity index (χ0v) is 15.6. The van der Waals surface area contributed by atoms with Crippen LogP contribution in [-0.4, -0.2) is 60.0 Å². The van der Waals surface area contributed by atoms with Gasteiger partial charge >= 0.3 is 0 Å². The van der Waals surface area contributed by atoms with Crippen molar-refractivity contribution in [2.45, 2.75) is 20.0 Å². The van der Waals surface area contributed by atoms with E-state index < -0.39 is 0 Å². The van der Waals surface area contributed by atoms with Crippen molar-refractivity contribution in [1.82, 2.24) is 14.8 Å². The monoisotopic (exact) mass is 354 g/mol. The number of piperazine rings is 1. The molecule has 0 bridgehead atoms. The number of nitrogens with one attached hydrogen (secondary N) is 1. The van der Waals surface area contributed by atoms with Gasteiger partial charge in [-0.2, -0.15) is 0 Å². The summed E-state index contributed by atoms with van der Waals surface area (Å²) in [4.78, 5) is 21.0. The number of likely N-dealkylation sites (N-methyl/N-ethyl adjacent to an activating group) is 1. The molecule has 1 aliphatic heterocycles. The number of amides is 1. The van der Waals surface area contributed by atoms with Crippen LogP contribution in [0.4, 0.5) is 11.4 Å². The number of carbonyl (C=O) groups is 1. The van der Waals surface area contributed by atoms with E-state index in [0.717, 1.165) is 43.3 Å². The predicted octanol–water partition coefficient (Wildman–Crippen LogP) is 3.00. The summed E-state index contributed by atoms with van der Waals surface area (Å²) in [7, 11) is 2.07. The number of anilines is 2. The Morgan fingerprint density at radius 2 is 1.77 bits per heavy atom. The normalized spacial score (nSPS) is 15.2. The zero-order chi connectivity index (χ0) is 18.5. The molecule has 1 N–H and O–H groups in total. The molecular formula is C20H26N4O2. The summed E-state index contributed by atoms with van der Waals surface area (Å²) in [6, 6.07) is 11.4. The van der Waals surface area contributed by atoms with Crippen molar-refractivity contribution in [2.24, 2.45) is 0 Å². The molecule has 1 fully saturated rings. The van der Waals surface area contributed by atoms with E-state index in [1.54, 1.807) is 12.3 Å². The maximum absolute atomic E-state index is 12.7. The van der Waals surface area contributed by atoms with Gasteiger partial charge in [-0.1, -0.05) is 0 Å². The Hall–Kier alpha value is -2.60. The molecule has 1 aromatic heterocycles. The van der Waals surface area contributed by atoms with E-state index in [-0.39, 0.29) is 12.0 Å². The number of nitrogens with zero attached hydrogens (tertiary/aromatic N) is 3. The van der Waals surface area contributed by atoms with Gasteiger partial charge in [0, 0.05) is 43.8 Å². The molecule has 6 nitrogen and oxygen atoms in total. The van der Waals surface area contributed by atoms with Crippen molar-refractivity contribution in [3.05, 3.63) is 48.3 Å². The first-order chi connectivity index (χ1) is 12.5. The Kier molecular flexibility index (Phi) is 5.73. The summed E-state index contributed by atoms with van der Waals surface area (Å²) in [6.07, 6.45) is 1.82. The number of aromatic nitrogens is 1. The average Bonchev–Trinajstić information content (AvgIpc) is 2.63. The molecule has 3 rings (SSSR count). The van der Waals surface area contributed by atoms with Crippen LogP contribution in [0.2, 0.25) is 0 Å². The standard InChI is InChI=1S/C20H26N4O2/c1-15(2)26-18-6-4-16(5-7-18)22-17-8-9-21-19(14-17)20(25)24-12-10-23(3)11-13-24/h4-9,14-15H,10-13H2,1-3H3,(H,21,22). The third-order valence-electron chi connectivity index (χ3n) is 4.28. The van der Waals surface area contributed by atoms with Crippen LogP contribution in [-0.2, 0) is 0 Å². The maximum Gasteiger partial charge on any atom is 0.272 e. The highest BCUT2D eigenvalue weighted by molar-refractivity contribution is 5.93. The van der Waals surface area contributed by atoms with Crippen molar-refractivity contribution >= 4 is 17.3 Å². The molecule has 1 aromatic carbocycles. The minimum absolute atomic E-state index is 0.0116. The second kappa shape index (κ2) is 8.19. The van der Waals surface area contributed by atoms with Gasteiger partial charge in [-0.15, -0.1) is 0 Å². The molecule has 1 amide bonds. The highest BCUT2D eigenvalue weighted by Gasteiger charge is 2.21. The topological polar surface area (TPSA) is 57.7 Å². The molecule has 138 valence electrons. The molecule has 26 heavy (non-hydrogen) atoms. The lowest BCUT2D eigenvalue weighted by molar-refractivity contribution is 0.0658. The van der Waals surface area contributed by atoms with E-state index in [9.17, 15) is 4.79 Å². The van der Waals surface area contributed by atoms with E-state index in [0.29, 0.717) is 5.69 Å². The molecule has 6 heteroatoms. The highest BCUT2D eigenvalue weighted by Crippen LogP contribution is 2.21. The van der Waals surface area contributed by atoms with Gasteiger partial charge in [0.05, 0.1) is 6.10 Å². The lowest BCUT2D eigenvalue weighted by Crippen LogP contribution is -2.47. The first kappa shape index (κ1) is 18.2. The fourth-order valence-corrected chi connectivity index (χ4v) is 2.85. The third-order valence-corrected chi connectivity index (χ3v) is 4.28. The van der Waals surface area contributed by atoms with Crippen molar-refractivity contribution in [3.8, 4) is 5.75 Å². The molecule has 0 unspecified atom stereocenters. The van der Waals surface area contributed by atoms with Crippen LogP contribution >= 0.6 is 0 Å². The van der Waals surface area contributed by atoms with Gasteiger partial charge in [0.1, 0.15) is 11.4 Å². The van der Waals surface area contributed by atoms with Crippen molar-refractivity contribution in [2.75, 3.05) is 38.5 Å². The van der Waals surface area contributed by atoms with E-state index in [1.807, 2.05) is 49.1 Å². The Morgan fingerprint density at radius 3 is 2.42 bits per heavy atom. The van der Waals surface area contributed by atoms with E-state index >= 15 is 0 Å². The Labute approximate surface area is 154 Å². The highest BCUT2D eigenvalue weighted by atomic mass is 16.5. The number of benzene rings is 1. The summed E-state index contributed by atoms with van der Waals surface area (Å²) in [5.41, 5.74) is 2.25. The molecule has 0 atom stereocenters.